The zero-order valence-corrected chi connectivity index (χ0v) is 17.6. The maximum Gasteiger partial charge on any atom is 0.432 e. The lowest BCUT2D eigenvalue weighted by Crippen LogP contribution is -2.45. The van der Waals surface area contributed by atoms with E-state index < -0.39 is 23.4 Å². The second-order valence-corrected chi connectivity index (χ2v) is 9.22. The van der Waals surface area contributed by atoms with E-state index in [9.17, 15) is 23.1 Å². The maximum atomic E-state index is 12.8. The van der Waals surface area contributed by atoms with Crippen molar-refractivity contribution < 1.29 is 23.1 Å². The van der Waals surface area contributed by atoms with Crippen LogP contribution in [0.3, 0.4) is 0 Å². The molecule has 1 saturated carbocycles. The Morgan fingerprint density at radius 2 is 1.97 bits per heavy atom. The lowest BCUT2D eigenvalue weighted by molar-refractivity contribution is -0.141. The molecule has 1 atom stereocenters. The summed E-state index contributed by atoms with van der Waals surface area (Å²) in [4.78, 5) is 12.7. The van der Waals surface area contributed by atoms with Gasteiger partial charge >= 0.3 is 6.18 Å². The third-order valence-electron chi connectivity index (χ3n) is 5.52. The second-order valence-electron chi connectivity index (χ2n) is 8.81. The number of nitrogens with zero attached hydrogens (tertiary/aromatic N) is 1. The summed E-state index contributed by atoms with van der Waals surface area (Å²) >= 11 is 6.15. The molecule has 0 radical (unpaired) electrons. The highest BCUT2D eigenvalue weighted by Gasteiger charge is 2.37. The lowest BCUT2D eigenvalue weighted by atomic mass is 9.79. The molecule has 0 saturated heterocycles. The molecule has 1 aromatic carbocycles. The standard InChI is InChI=1S/C21H25ClF3N3O2/c1-19(2)7-3-4-8-20(30,11-19)12-26-18(29)14-9-13(5-6-15(14)22)16-10-17(28-27-16)21(23,24)25/h5-6,9-10,30H,3-4,7-8,11-12H2,1-2H3,(H,26,29)(H,27,28). The summed E-state index contributed by atoms with van der Waals surface area (Å²) < 4.78 is 38.4. The number of carbonyl (C=O) groups excluding carboxylic acids is 1. The van der Waals surface area contributed by atoms with Crippen LogP contribution in [0.4, 0.5) is 13.2 Å². The van der Waals surface area contributed by atoms with Crippen LogP contribution in [0.2, 0.25) is 5.02 Å². The number of nitrogens with one attached hydrogen (secondary N) is 2. The van der Waals surface area contributed by atoms with Crippen LogP contribution < -0.4 is 5.32 Å². The molecule has 1 amide bonds. The summed E-state index contributed by atoms with van der Waals surface area (Å²) in [6, 6.07) is 5.21. The van der Waals surface area contributed by atoms with Gasteiger partial charge in [-0.3, -0.25) is 9.89 Å². The highest BCUT2D eigenvalue weighted by molar-refractivity contribution is 6.34. The fourth-order valence-electron chi connectivity index (χ4n) is 4.09. The molecular formula is C21H25ClF3N3O2. The van der Waals surface area contributed by atoms with Crippen LogP contribution in [-0.4, -0.2) is 33.4 Å². The van der Waals surface area contributed by atoms with Gasteiger partial charge in [-0.2, -0.15) is 18.3 Å². The molecule has 2 aromatic rings. The largest absolute Gasteiger partial charge is 0.432 e. The average Bonchev–Trinajstić information content (AvgIpc) is 3.09. The number of benzene rings is 1. The quantitative estimate of drug-likeness (QED) is 0.568. The summed E-state index contributed by atoms with van der Waals surface area (Å²) in [5.41, 5.74) is -1.52. The van der Waals surface area contributed by atoms with Gasteiger partial charge in [-0.05, 0) is 42.9 Å². The number of rotatable bonds is 4. The van der Waals surface area contributed by atoms with Gasteiger partial charge in [0.1, 0.15) is 5.69 Å². The molecule has 1 heterocycles. The molecule has 30 heavy (non-hydrogen) atoms. The fraction of sp³-hybridized carbons (Fsp3) is 0.524. The fourth-order valence-corrected chi connectivity index (χ4v) is 4.29. The van der Waals surface area contributed by atoms with E-state index in [2.05, 4.69) is 24.3 Å². The van der Waals surface area contributed by atoms with E-state index >= 15 is 0 Å². The molecule has 3 rings (SSSR count). The number of hydrogen-bond acceptors (Lipinski definition) is 3. The summed E-state index contributed by atoms with van der Waals surface area (Å²) in [6.07, 6.45) is -0.451. The zero-order chi connectivity index (χ0) is 22.2. The Bertz CT molecular complexity index is 926. The Kier molecular flexibility index (Phi) is 6.20. The van der Waals surface area contributed by atoms with Crippen molar-refractivity contribution >= 4 is 17.5 Å². The molecule has 9 heteroatoms. The first-order valence-corrected chi connectivity index (χ1v) is 10.2. The minimum absolute atomic E-state index is 0.0241. The lowest BCUT2D eigenvalue weighted by Gasteiger charge is -2.34. The van der Waals surface area contributed by atoms with E-state index in [1.54, 1.807) is 0 Å². The van der Waals surface area contributed by atoms with E-state index in [1.807, 2.05) is 5.10 Å². The molecule has 0 spiro atoms. The number of alkyl halides is 3. The Labute approximate surface area is 178 Å². The first-order chi connectivity index (χ1) is 13.9. The number of carbonyl (C=O) groups is 1. The molecule has 1 fully saturated rings. The maximum absolute atomic E-state index is 12.8. The summed E-state index contributed by atoms with van der Waals surface area (Å²) in [6.45, 7) is 4.28. The van der Waals surface area contributed by atoms with Gasteiger partial charge in [-0.25, -0.2) is 0 Å². The highest BCUT2D eigenvalue weighted by Crippen LogP contribution is 2.39. The van der Waals surface area contributed by atoms with Crippen molar-refractivity contribution in [1.82, 2.24) is 15.5 Å². The Morgan fingerprint density at radius 1 is 1.27 bits per heavy atom. The van der Waals surface area contributed by atoms with Crippen LogP contribution >= 0.6 is 11.6 Å². The van der Waals surface area contributed by atoms with Crippen molar-refractivity contribution in [2.45, 2.75) is 57.7 Å². The average molecular weight is 444 g/mol. The van der Waals surface area contributed by atoms with Gasteiger partial charge in [0.25, 0.3) is 5.91 Å². The molecule has 164 valence electrons. The smallest absolute Gasteiger partial charge is 0.388 e. The minimum Gasteiger partial charge on any atom is -0.388 e. The second kappa shape index (κ2) is 8.23. The molecule has 3 N–H and O–H groups in total. The Hall–Kier alpha value is -2.06. The number of aromatic amines is 1. The molecule has 0 aliphatic heterocycles. The third kappa shape index (κ3) is 5.35. The molecular weight excluding hydrogens is 419 g/mol. The Balaban J connectivity index is 1.76. The van der Waals surface area contributed by atoms with Crippen molar-refractivity contribution in [3.63, 3.8) is 0 Å². The van der Waals surface area contributed by atoms with Crippen LogP contribution in [0.1, 0.15) is 62.0 Å². The van der Waals surface area contributed by atoms with Crippen LogP contribution in [0, 0.1) is 5.41 Å². The molecule has 1 aliphatic rings. The normalized spacial score (nSPS) is 21.8. The molecule has 1 unspecified atom stereocenters. The van der Waals surface area contributed by atoms with E-state index in [-0.39, 0.29) is 28.2 Å². The number of aliphatic hydroxyl groups is 1. The van der Waals surface area contributed by atoms with Gasteiger partial charge in [0, 0.05) is 12.1 Å². The van der Waals surface area contributed by atoms with Crippen LogP contribution in [0.25, 0.3) is 11.3 Å². The number of amides is 1. The van der Waals surface area contributed by atoms with Gasteiger partial charge in [-0.1, -0.05) is 44.4 Å². The first kappa shape index (κ1) is 22.6. The molecule has 5 nitrogen and oxygen atoms in total. The third-order valence-corrected chi connectivity index (χ3v) is 5.85. The van der Waals surface area contributed by atoms with Crippen molar-refractivity contribution in [2.24, 2.45) is 5.41 Å². The number of halogens is 4. The number of aromatic nitrogens is 2. The van der Waals surface area contributed by atoms with Gasteiger partial charge in [0.05, 0.1) is 21.9 Å². The van der Waals surface area contributed by atoms with E-state index in [0.717, 1.165) is 25.3 Å². The summed E-state index contributed by atoms with van der Waals surface area (Å²) in [5, 5.41) is 19.5. The van der Waals surface area contributed by atoms with Crippen LogP contribution in [-0.2, 0) is 6.18 Å². The zero-order valence-electron chi connectivity index (χ0n) is 16.9. The predicted octanol–water partition coefficient (Wildman–Crippen LogP) is 5.20. The summed E-state index contributed by atoms with van der Waals surface area (Å²) in [5.74, 6) is -0.496. The minimum atomic E-state index is -4.54. The van der Waals surface area contributed by atoms with Gasteiger partial charge < -0.3 is 10.4 Å². The van der Waals surface area contributed by atoms with Crippen molar-refractivity contribution in [3.05, 3.63) is 40.5 Å². The van der Waals surface area contributed by atoms with Crippen molar-refractivity contribution in [3.8, 4) is 11.3 Å². The van der Waals surface area contributed by atoms with Crippen molar-refractivity contribution in [1.29, 1.82) is 0 Å². The monoisotopic (exact) mass is 443 g/mol. The highest BCUT2D eigenvalue weighted by atomic mass is 35.5. The number of H-pyrrole nitrogens is 1. The van der Waals surface area contributed by atoms with Crippen LogP contribution in [0.15, 0.2) is 24.3 Å². The number of hydrogen-bond donors (Lipinski definition) is 3. The first-order valence-electron chi connectivity index (χ1n) is 9.82. The molecule has 1 aromatic heterocycles. The Morgan fingerprint density at radius 3 is 2.63 bits per heavy atom. The van der Waals surface area contributed by atoms with Crippen LogP contribution in [0.5, 0.6) is 0 Å². The van der Waals surface area contributed by atoms with Gasteiger partial charge in [0.2, 0.25) is 0 Å². The molecule has 0 bridgehead atoms. The van der Waals surface area contributed by atoms with E-state index in [0.29, 0.717) is 18.4 Å². The van der Waals surface area contributed by atoms with Gasteiger partial charge in [0.15, 0.2) is 0 Å². The molecule has 1 aliphatic carbocycles. The summed E-state index contributed by atoms with van der Waals surface area (Å²) in [7, 11) is 0. The topological polar surface area (TPSA) is 78.0 Å². The van der Waals surface area contributed by atoms with Gasteiger partial charge in [-0.15, -0.1) is 0 Å². The van der Waals surface area contributed by atoms with E-state index in [1.165, 1.54) is 18.2 Å². The van der Waals surface area contributed by atoms with Crippen molar-refractivity contribution in [2.75, 3.05) is 6.54 Å². The van der Waals surface area contributed by atoms with E-state index in [4.69, 9.17) is 11.6 Å². The SMILES string of the molecule is CC1(C)CCCCC(O)(CNC(=O)c2cc(-c3cc(C(F)(F)F)[nH]n3)ccc2Cl)C1. The predicted molar refractivity (Wildman–Crippen MR) is 108 cm³/mol.